The summed E-state index contributed by atoms with van der Waals surface area (Å²) in [5, 5.41) is 9.02. The van der Waals surface area contributed by atoms with E-state index >= 15 is 0 Å². The summed E-state index contributed by atoms with van der Waals surface area (Å²) >= 11 is 0. The molecule has 1 rings (SSSR count). The van der Waals surface area contributed by atoms with Gasteiger partial charge in [0.2, 0.25) is 0 Å². The van der Waals surface area contributed by atoms with Crippen molar-refractivity contribution in [2.24, 2.45) is 17.3 Å². The van der Waals surface area contributed by atoms with Crippen LogP contribution in [0.1, 0.15) is 46.5 Å². The summed E-state index contributed by atoms with van der Waals surface area (Å²) in [5.41, 5.74) is 0.490. The summed E-state index contributed by atoms with van der Waals surface area (Å²) in [4.78, 5) is 0. The van der Waals surface area contributed by atoms with Crippen LogP contribution < -0.4 is 0 Å². The van der Waals surface area contributed by atoms with E-state index in [9.17, 15) is 0 Å². The van der Waals surface area contributed by atoms with E-state index < -0.39 is 0 Å². The molecule has 1 heteroatoms. The second-order valence-corrected chi connectivity index (χ2v) is 4.90. The zero-order valence-corrected chi connectivity index (χ0v) is 8.64. The molecule has 1 aliphatic carbocycles. The molecule has 12 heavy (non-hydrogen) atoms. The quantitative estimate of drug-likeness (QED) is 0.690. The Balaban J connectivity index is 2.46. The third-order valence-electron chi connectivity index (χ3n) is 3.82. The second kappa shape index (κ2) is 3.78. The van der Waals surface area contributed by atoms with Crippen LogP contribution in [0.25, 0.3) is 0 Å². The molecule has 1 nitrogen and oxygen atoms in total. The first-order valence-electron chi connectivity index (χ1n) is 5.21. The normalized spacial score (nSPS) is 31.0. The number of hydrogen-bond donors (Lipinski definition) is 1. The molecular formula is C11H22O. The number of rotatable bonds is 3. The molecule has 1 fully saturated rings. The molecular weight excluding hydrogens is 148 g/mol. The molecule has 0 spiro atoms. The van der Waals surface area contributed by atoms with Crippen molar-refractivity contribution in [1.29, 1.82) is 0 Å². The van der Waals surface area contributed by atoms with Crippen LogP contribution in [0, 0.1) is 17.3 Å². The Morgan fingerprint density at radius 2 is 2.00 bits per heavy atom. The Morgan fingerprint density at radius 3 is 2.42 bits per heavy atom. The van der Waals surface area contributed by atoms with Crippen molar-refractivity contribution < 1.29 is 5.11 Å². The zero-order chi connectivity index (χ0) is 9.19. The van der Waals surface area contributed by atoms with Crippen molar-refractivity contribution in [3.8, 4) is 0 Å². The standard InChI is InChI=1S/C11H22O/c1-4-11(2,3)10-6-5-9(7-10)8-12/h9-10,12H,4-8H2,1-3H3. The molecule has 2 unspecified atom stereocenters. The third-order valence-corrected chi connectivity index (χ3v) is 3.82. The van der Waals surface area contributed by atoms with Crippen molar-refractivity contribution >= 4 is 0 Å². The van der Waals surface area contributed by atoms with Gasteiger partial charge in [-0.05, 0) is 36.5 Å². The van der Waals surface area contributed by atoms with Crippen LogP contribution in [0.3, 0.4) is 0 Å². The van der Waals surface area contributed by atoms with Crippen molar-refractivity contribution in [3.63, 3.8) is 0 Å². The lowest BCUT2D eigenvalue weighted by atomic mass is 9.75. The van der Waals surface area contributed by atoms with E-state index in [1.54, 1.807) is 0 Å². The van der Waals surface area contributed by atoms with Crippen molar-refractivity contribution in [1.82, 2.24) is 0 Å². The average Bonchev–Trinajstić information content (AvgIpc) is 2.52. The van der Waals surface area contributed by atoms with Crippen molar-refractivity contribution in [2.45, 2.75) is 46.5 Å². The molecule has 1 saturated carbocycles. The van der Waals surface area contributed by atoms with Crippen LogP contribution >= 0.6 is 0 Å². The monoisotopic (exact) mass is 170 g/mol. The summed E-state index contributed by atoms with van der Waals surface area (Å²) in [6, 6.07) is 0. The van der Waals surface area contributed by atoms with Gasteiger partial charge in [-0.3, -0.25) is 0 Å². The van der Waals surface area contributed by atoms with E-state index in [2.05, 4.69) is 20.8 Å². The topological polar surface area (TPSA) is 20.2 Å². The van der Waals surface area contributed by atoms with Crippen LogP contribution in [0.4, 0.5) is 0 Å². The van der Waals surface area contributed by atoms with Crippen LogP contribution in [0.15, 0.2) is 0 Å². The number of aliphatic hydroxyl groups is 1. The molecule has 0 heterocycles. The molecule has 0 radical (unpaired) electrons. The first-order valence-corrected chi connectivity index (χ1v) is 5.21. The highest BCUT2D eigenvalue weighted by Crippen LogP contribution is 2.43. The van der Waals surface area contributed by atoms with Gasteiger partial charge in [-0.1, -0.05) is 27.2 Å². The minimum atomic E-state index is 0.399. The van der Waals surface area contributed by atoms with Gasteiger partial charge >= 0.3 is 0 Å². The summed E-state index contributed by atoms with van der Waals surface area (Å²) in [6.07, 6.45) is 5.07. The van der Waals surface area contributed by atoms with Crippen LogP contribution in [-0.4, -0.2) is 11.7 Å². The van der Waals surface area contributed by atoms with Crippen molar-refractivity contribution in [3.05, 3.63) is 0 Å². The second-order valence-electron chi connectivity index (χ2n) is 4.90. The van der Waals surface area contributed by atoms with E-state index in [4.69, 9.17) is 5.11 Å². The fourth-order valence-electron chi connectivity index (χ4n) is 2.24. The Morgan fingerprint density at radius 1 is 1.33 bits per heavy atom. The summed E-state index contributed by atoms with van der Waals surface area (Å²) in [6.45, 7) is 7.39. The average molecular weight is 170 g/mol. The van der Waals surface area contributed by atoms with E-state index in [0.29, 0.717) is 17.9 Å². The van der Waals surface area contributed by atoms with Gasteiger partial charge in [-0.25, -0.2) is 0 Å². The first kappa shape index (κ1) is 10.0. The lowest BCUT2D eigenvalue weighted by Crippen LogP contribution is -2.21. The van der Waals surface area contributed by atoms with E-state index in [-0.39, 0.29) is 0 Å². The molecule has 0 bridgehead atoms. The number of hydrogen-bond acceptors (Lipinski definition) is 1. The Bertz CT molecular complexity index is 140. The largest absolute Gasteiger partial charge is 0.396 e. The highest BCUT2D eigenvalue weighted by molar-refractivity contribution is 4.84. The van der Waals surface area contributed by atoms with Gasteiger partial charge < -0.3 is 5.11 Å². The molecule has 2 atom stereocenters. The maximum absolute atomic E-state index is 9.02. The molecule has 0 aromatic heterocycles. The Labute approximate surface area is 76.2 Å². The van der Waals surface area contributed by atoms with E-state index in [1.807, 2.05) is 0 Å². The molecule has 0 aliphatic heterocycles. The molecule has 0 amide bonds. The molecule has 1 aliphatic rings. The smallest absolute Gasteiger partial charge is 0.0459 e. The maximum Gasteiger partial charge on any atom is 0.0459 e. The SMILES string of the molecule is CCC(C)(C)C1CCC(CO)C1. The van der Waals surface area contributed by atoms with Crippen LogP contribution in [0.5, 0.6) is 0 Å². The van der Waals surface area contributed by atoms with Crippen LogP contribution in [-0.2, 0) is 0 Å². The third kappa shape index (κ3) is 2.01. The molecule has 0 saturated heterocycles. The fourth-order valence-corrected chi connectivity index (χ4v) is 2.24. The minimum Gasteiger partial charge on any atom is -0.396 e. The summed E-state index contributed by atoms with van der Waals surface area (Å²) in [7, 11) is 0. The molecule has 0 aromatic rings. The zero-order valence-electron chi connectivity index (χ0n) is 8.64. The lowest BCUT2D eigenvalue weighted by Gasteiger charge is -2.30. The predicted molar refractivity (Wildman–Crippen MR) is 52.0 cm³/mol. The van der Waals surface area contributed by atoms with Gasteiger partial charge in [-0.15, -0.1) is 0 Å². The highest BCUT2D eigenvalue weighted by atomic mass is 16.3. The lowest BCUT2D eigenvalue weighted by molar-refractivity contribution is 0.182. The minimum absolute atomic E-state index is 0.399. The van der Waals surface area contributed by atoms with Gasteiger partial charge in [0, 0.05) is 6.61 Å². The van der Waals surface area contributed by atoms with Gasteiger partial charge in [-0.2, -0.15) is 0 Å². The maximum atomic E-state index is 9.02. The predicted octanol–water partition coefficient (Wildman–Crippen LogP) is 2.83. The van der Waals surface area contributed by atoms with E-state index in [1.165, 1.54) is 25.7 Å². The molecule has 72 valence electrons. The molecule has 1 N–H and O–H groups in total. The van der Waals surface area contributed by atoms with Gasteiger partial charge in [0.25, 0.3) is 0 Å². The molecule has 0 aromatic carbocycles. The van der Waals surface area contributed by atoms with Crippen LogP contribution in [0.2, 0.25) is 0 Å². The highest BCUT2D eigenvalue weighted by Gasteiger charge is 2.34. The van der Waals surface area contributed by atoms with E-state index in [0.717, 1.165) is 5.92 Å². The Hall–Kier alpha value is -0.0400. The van der Waals surface area contributed by atoms with Gasteiger partial charge in [0.1, 0.15) is 0 Å². The fraction of sp³-hybridized carbons (Fsp3) is 1.00. The van der Waals surface area contributed by atoms with Crippen molar-refractivity contribution in [2.75, 3.05) is 6.61 Å². The van der Waals surface area contributed by atoms with Gasteiger partial charge in [0.05, 0.1) is 0 Å². The first-order chi connectivity index (χ1) is 5.60. The number of aliphatic hydroxyl groups excluding tert-OH is 1. The summed E-state index contributed by atoms with van der Waals surface area (Å²) in [5.74, 6) is 1.44. The summed E-state index contributed by atoms with van der Waals surface area (Å²) < 4.78 is 0. The van der Waals surface area contributed by atoms with Gasteiger partial charge in [0.15, 0.2) is 0 Å². The Kier molecular flexibility index (Phi) is 3.16.